The standard InChI is InChI=1S/C22H12F18N2O2/c23-15(24,17(27,28)19(31,32)21(35,36)37)9-43-13-5-1-11(2-6-13)41-42-12-3-7-14(8-4-12)44-10-16(25,26)18(29,30)20(33,34)22(38,39)40/h1-8H,9-10H2. The first-order valence-electron chi connectivity index (χ1n) is 10.9. The molecule has 0 amide bonds. The molecule has 2 rings (SSSR count). The molecule has 248 valence electrons. The third-order valence-electron chi connectivity index (χ3n) is 5.21. The number of azo groups is 1. The van der Waals surface area contributed by atoms with E-state index in [-0.39, 0.29) is 11.4 Å². The summed E-state index contributed by atoms with van der Waals surface area (Å²) in [6.45, 7) is -5.20. The minimum atomic E-state index is -7.10. The second kappa shape index (κ2) is 11.7. The van der Waals surface area contributed by atoms with Crippen molar-refractivity contribution in [1.82, 2.24) is 0 Å². The molecule has 0 saturated heterocycles. The van der Waals surface area contributed by atoms with Gasteiger partial charge in [0.15, 0.2) is 13.2 Å². The van der Waals surface area contributed by atoms with Crippen LogP contribution in [0.5, 0.6) is 11.5 Å². The van der Waals surface area contributed by atoms with Crippen LogP contribution in [0, 0.1) is 0 Å². The zero-order valence-electron chi connectivity index (χ0n) is 20.5. The van der Waals surface area contributed by atoms with Crippen LogP contribution in [0.25, 0.3) is 0 Å². The van der Waals surface area contributed by atoms with Crippen molar-refractivity contribution in [2.24, 2.45) is 10.2 Å². The van der Waals surface area contributed by atoms with Gasteiger partial charge in [-0.15, -0.1) is 0 Å². The predicted molar refractivity (Wildman–Crippen MR) is 110 cm³/mol. The van der Waals surface area contributed by atoms with Crippen LogP contribution in [-0.2, 0) is 0 Å². The summed E-state index contributed by atoms with van der Waals surface area (Å²) in [5.74, 6) is -41.4. The van der Waals surface area contributed by atoms with Crippen molar-refractivity contribution in [2.75, 3.05) is 13.2 Å². The zero-order valence-corrected chi connectivity index (χ0v) is 20.5. The fraction of sp³-hybridized carbons (Fsp3) is 0.455. The van der Waals surface area contributed by atoms with E-state index in [0.29, 0.717) is 0 Å². The molecule has 0 atom stereocenters. The van der Waals surface area contributed by atoms with E-state index in [9.17, 15) is 79.0 Å². The van der Waals surface area contributed by atoms with Gasteiger partial charge in [0.2, 0.25) is 0 Å². The van der Waals surface area contributed by atoms with Gasteiger partial charge in [-0.1, -0.05) is 0 Å². The molecule has 0 spiro atoms. The lowest BCUT2D eigenvalue weighted by Gasteiger charge is -2.33. The summed E-state index contributed by atoms with van der Waals surface area (Å²) < 4.78 is 240. The van der Waals surface area contributed by atoms with Gasteiger partial charge in [-0.25, -0.2) is 0 Å². The van der Waals surface area contributed by atoms with Crippen LogP contribution in [-0.4, -0.2) is 61.1 Å². The molecule has 0 aromatic heterocycles. The predicted octanol–water partition coefficient (Wildman–Crippen LogP) is 9.80. The van der Waals surface area contributed by atoms with Crippen molar-refractivity contribution < 1.29 is 88.5 Å². The van der Waals surface area contributed by atoms with Crippen LogP contribution >= 0.6 is 0 Å². The molecule has 0 aliphatic carbocycles. The summed E-state index contributed by atoms with van der Waals surface area (Å²) in [4.78, 5) is 0. The van der Waals surface area contributed by atoms with Gasteiger partial charge in [-0.05, 0) is 48.5 Å². The first-order valence-corrected chi connectivity index (χ1v) is 10.9. The lowest BCUT2D eigenvalue weighted by molar-refractivity contribution is -0.398. The lowest BCUT2D eigenvalue weighted by atomic mass is 10.0. The fourth-order valence-corrected chi connectivity index (χ4v) is 2.68. The molecular formula is C22H12F18N2O2. The van der Waals surface area contributed by atoms with E-state index in [1.165, 1.54) is 0 Å². The number of benzene rings is 2. The number of halogens is 18. The lowest BCUT2D eigenvalue weighted by Crippen LogP contribution is -2.62. The van der Waals surface area contributed by atoms with Crippen molar-refractivity contribution >= 4 is 11.4 Å². The quantitative estimate of drug-likeness (QED) is 0.166. The molecule has 0 saturated carbocycles. The van der Waals surface area contributed by atoms with Crippen molar-refractivity contribution in [3.05, 3.63) is 48.5 Å². The topological polar surface area (TPSA) is 43.2 Å². The van der Waals surface area contributed by atoms with Crippen LogP contribution < -0.4 is 9.47 Å². The van der Waals surface area contributed by atoms with Gasteiger partial charge in [-0.3, -0.25) is 0 Å². The maximum atomic E-state index is 13.5. The maximum Gasteiger partial charge on any atom is 0.460 e. The normalized spacial score (nSPS) is 14.7. The molecule has 0 heterocycles. The Bertz CT molecular complexity index is 1190. The smallest absolute Gasteiger partial charge is 0.460 e. The molecule has 2 aromatic rings. The van der Waals surface area contributed by atoms with Gasteiger partial charge in [0.25, 0.3) is 0 Å². The summed E-state index contributed by atoms with van der Waals surface area (Å²) in [6.07, 6.45) is -14.0. The Labute approximate surface area is 232 Å². The van der Waals surface area contributed by atoms with E-state index in [2.05, 4.69) is 19.7 Å². The Morgan fingerprint density at radius 2 is 0.636 bits per heavy atom. The van der Waals surface area contributed by atoms with Crippen LogP contribution in [0.4, 0.5) is 90.4 Å². The summed E-state index contributed by atoms with van der Waals surface area (Å²) in [5, 5.41) is 7.10. The number of nitrogens with zero attached hydrogens (tertiary/aromatic N) is 2. The van der Waals surface area contributed by atoms with E-state index in [1.54, 1.807) is 0 Å². The highest BCUT2D eigenvalue weighted by Crippen LogP contribution is 2.54. The van der Waals surface area contributed by atoms with Crippen molar-refractivity contribution in [3.63, 3.8) is 0 Å². The molecule has 0 N–H and O–H groups in total. The monoisotopic (exact) mass is 678 g/mol. The van der Waals surface area contributed by atoms with Crippen LogP contribution in [0.3, 0.4) is 0 Å². The number of ether oxygens (including phenoxy) is 2. The molecule has 4 nitrogen and oxygen atoms in total. The largest absolute Gasteiger partial charge is 0.487 e. The van der Waals surface area contributed by atoms with Gasteiger partial charge >= 0.3 is 47.9 Å². The highest BCUT2D eigenvalue weighted by atomic mass is 19.4. The maximum absolute atomic E-state index is 13.5. The first kappa shape index (κ1) is 36.6. The summed E-state index contributed by atoms with van der Waals surface area (Å²) in [5.41, 5.74) is -0.323. The van der Waals surface area contributed by atoms with Crippen LogP contribution in [0.1, 0.15) is 0 Å². The highest BCUT2D eigenvalue weighted by molar-refractivity contribution is 5.44. The van der Waals surface area contributed by atoms with Gasteiger partial charge < -0.3 is 9.47 Å². The average Bonchev–Trinajstić information content (AvgIpc) is 2.89. The van der Waals surface area contributed by atoms with Crippen molar-refractivity contribution in [3.8, 4) is 11.5 Å². The number of hydrogen-bond donors (Lipinski definition) is 0. The zero-order chi connectivity index (χ0) is 34.2. The molecule has 0 fully saturated rings. The Balaban J connectivity index is 2.02. The van der Waals surface area contributed by atoms with E-state index in [0.717, 1.165) is 48.5 Å². The molecular weight excluding hydrogens is 666 g/mol. The van der Waals surface area contributed by atoms with Gasteiger partial charge in [-0.2, -0.15) is 89.3 Å². The second-order valence-corrected chi connectivity index (χ2v) is 8.47. The van der Waals surface area contributed by atoms with Crippen molar-refractivity contribution in [1.29, 1.82) is 0 Å². The Hall–Kier alpha value is -3.62. The third-order valence-corrected chi connectivity index (χ3v) is 5.21. The van der Waals surface area contributed by atoms with E-state index < -0.39 is 72.6 Å². The third kappa shape index (κ3) is 7.02. The van der Waals surface area contributed by atoms with E-state index in [1.807, 2.05) is 0 Å². The van der Waals surface area contributed by atoms with E-state index in [4.69, 9.17) is 0 Å². The second-order valence-electron chi connectivity index (χ2n) is 8.47. The van der Waals surface area contributed by atoms with Crippen LogP contribution in [0.15, 0.2) is 58.8 Å². The molecule has 0 radical (unpaired) electrons. The number of alkyl halides is 18. The Kier molecular flexibility index (Phi) is 9.73. The van der Waals surface area contributed by atoms with E-state index >= 15 is 0 Å². The molecule has 44 heavy (non-hydrogen) atoms. The fourth-order valence-electron chi connectivity index (χ4n) is 2.68. The Morgan fingerprint density at radius 1 is 0.386 bits per heavy atom. The molecule has 2 aromatic carbocycles. The van der Waals surface area contributed by atoms with Gasteiger partial charge in [0.05, 0.1) is 11.4 Å². The molecule has 0 unspecified atom stereocenters. The van der Waals surface area contributed by atoms with Crippen LogP contribution in [0.2, 0.25) is 0 Å². The number of hydrogen-bond acceptors (Lipinski definition) is 4. The summed E-state index contributed by atoms with van der Waals surface area (Å²) >= 11 is 0. The SMILES string of the molecule is FC(F)(F)C(F)(F)C(F)(F)C(F)(F)COc1ccc(N=Nc2ccc(OCC(F)(F)C(F)(F)C(F)(F)C(F)(F)F)cc2)cc1. The van der Waals surface area contributed by atoms with Gasteiger partial charge in [0.1, 0.15) is 11.5 Å². The minimum Gasteiger partial charge on any atom is -0.487 e. The number of rotatable bonds is 12. The summed E-state index contributed by atoms with van der Waals surface area (Å²) in [7, 11) is 0. The average molecular weight is 678 g/mol. The molecule has 22 heteroatoms. The minimum absolute atomic E-state index is 0.161. The molecule has 0 aliphatic heterocycles. The first-order chi connectivity index (χ1) is 19.6. The summed E-state index contributed by atoms with van der Waals surface area (Å²) in [6, 6.07) is 6.54. The molecule has 0 bridgehead atoms. The molecule has 0 aliphatic rings. The highest BCUT2D eigenvalue weighted by Gasteiger charge is 2.83. The Morgan fingerprint density at radius 3 is 0.864 bits per heavy atom. The van der Waals surface area contributed by atoms with Gasteiger partial charge in [0, 0.05) is 0 Å². The van der Waals surface area contributed by atoms with Crippen molar-refractivity contribution in [2.45, 2.75) is 47.9 Å².